The number of benzene rings is 8. The van der Waals surface area contributed by atoms with Crippen molar-refractivity contribution in [1.82, 2.24) is 0 Å². The van der Waals surface area contributed by atoms with Gasteiger partial charge in [-0.1, -0.05) is 146 Å². The van der Waals surface area contributed by atoms with Gasteiger partial charge in [-0.3, -0.25) is 0 Å². The second-order valence-corrected chi connectivity index (χ2v) is 13.2. The molecule has 0 bridgehead atoms. The van der Waals surface area contributed by atoms with Gasteiger partial charge in [0.15, 0.2) is 0 Å². The summed E-state index contributed by atoms with van der Waals surface area (Å²) in [6.07, 6.45) is 0. The molecule has 2 heteroatoms. The Balaban J connectivity index is 1.28. The molecule has 0 unspecified atom stereocenters. The lowest BCUT2D eigenvalue weighted by atomic mass is 9.88. The van der Waals surface area contributed by atoms with E-state index in [4.69, 9.17) is 0 Å². The minimum atomic E-state index is 1.13. The van der Waals surface area contributed by atoms with Crippen LogP contribution in [0.3, 0.4) is 0 Å². The molecule has 0 saturated heterocycles. The van der Waals surface area contributed by atoms with Crippen LogP contribution in [0.25, 0.3) is 64.3 Å². The molecule has 0 atom stereocenters. The van der Waals surface area contributed by atoms with Gasteiger partial charge in [0.2, 0.25) is 0 Å². The Morgan fingerprint density at radius 3 is 1.69 bits per heavy atom. The molecule has 0 amide bonds. The van der Waals surface area contributed by atoms with Crippen molar-refractivity contribution in [3.63, 3.8) is 0 Å². The molecule has 0 N–H and O–H groups in total. The molecule has 1 nitrogen and oxygen atoms in total. The highest BCUT2D eigenvalue weighted by Crippen LogP contribution is 2.46. The highest BCUT2D eigenvalue weighted by molar-refractivity contribution is 7.25. The van der Waals surface area contributed by atoms with E-state index in [1.54, 1.807) is 0 Å². The Morgan fingerprint density at radius 1 is 0.333 bits per heavy atom. The van der Waals surface area contributed by atoms with Gasteiger partial charge in [0.05, 0.1) is 5.69 Å². The van der Waals surface area contributed by atoms with Crippen molar-refractivity contribution in [2.24, 2.45) is 0 Å². The number of nitrogens with zero attached hydrogens (tertiary/aromatic N) is 1. The maximum atomic E-state index is 2.44. The summed E-state index contributed by atoms with van der Waals surface area (Å²) in [5, 5.41) is 5.04. The van der Waals surface area contributed by atoms with Crippen LogP contribution in [0.15, 0.2) is 188 Å². The molecule has 8 aromatic carbocycles. The van der Waals surface area contributed by atoms with Crippen molar-refractivity contribution < 1.29 is 0 Å². The van der Waals surface area contributed by atoms with Gasteiger partial charge < -0.3 is 4.90 Å². The van der Waals surface area contributed by atoms with Crippen LogP contribution in [-0.2, 0) is 0 Å². The van der Waals surface area contributed by atoms with Gasteiger partial charge >= 0.3 is 0 Å². The zero-order valence-electron chi connectivity index (χ0n) is 26.3. The van der Waals surface area contributed by atoms with Gasteiger partial charge in [0.25, 0.3) is 0 Å². The SMILES string of the molecule is c1ccc(-c2ccccc2-c2ccccc2-c2ccccc2N(c2ccc3ccccc3c2)c2ccc3sc4ccccc4c3c2)cc1. The van der Waals surface area contributed by atoms with Crippen LogP contribution in [0.1, 0.15) is 0 Å². The number of hydrogen-bond acceptors (Lipinski definition) is 2. The highest BCUT2D eigenvalue weighted by Gasteiger charge is 2.21. The molecule has 9 aromatic rings. The molecule has 0 radical (unpaired) electrons. The molecule has 0 spiro atoms. The average Bonchev–Trinajstić information content (AvgIpc) is 3.54. The summed E-state index contributed by atoms with van der Waals surface area (Å²) >= 11 is 1.86. The number of fused-ring (bicyclic) bond motifs is 4. The van der Waals surface area contributed by atoms with Crippen molar-refractivity contribution in [1.29, 1.82) is 0 Å². The largest absolute Gasteiger partial charge is 0.310 e. The smallest absolute Gasteiger partial charge is 0.0540 e. The first-order chi connectivity index (χ1) is 23.8. The van der Waals surface area contributed by atoms with Crippen LogP contribution in [0, 0.1) is 0 Å². The van der Waals surface area contributed by atoms with E-state index in [2.05, 4.69) is 193 Å². The van der Waals surface area contributed by atoms with Crippen molar-refractivity contribution in [2.75, 3.05) is 4.90 Å². The molecule has 9 rings (SSSR count). The summed E-state index contributed by atoms with van der Waals surface area (Å²) in [6.45, 7) is 0. The average molecular weight is 630 g/mol. The van der Waals surface area contributed by atoms with Crippen LogP contribution in [0.4, 0.5) is 17.1 Å². The van der Waals surface area contributed by atoms with E-state index in [0.29, 0.717) is 0 Å². The molecular formula is C46H31NS. The summed E-state index contributed by atoms with van der Waals surface area (Å²) in [7, 11) is 0. The Bertz CT molecular complexity index is 2580. The van der Waals surface area contributed by atoms with Crippen LogP contribution >= 0.6 is 11.3 Å². The van der Waals surface area contributed by atoms with Crippen LogP contribution in [0.2, 0.25) is 0 Å². The molecule has 0 saturated carbocycles. The second-order valence-electron chi connectivity index (χ2n) is 12.1. The zero-order valence-corrected chi connectivity index (χ0v) is 27.1. The molecule has 226 valence electrons. The minimum absolute atomic E-state index is 1.13. The third-order valence-electron chi connectivity index (χ3n) is 9.27. The fourth-order valence-corrected chi connectivity index (χ4v) is 8.12. The molecule has 0 aliphatic rings. The summed E-state index contributed by atoms with van der Waals surface area (Å²) < 4.78 is 2.61. The third kappa shape index (κ3) is 4.95. The predicted octanol–water partition coefficient (Wildman–Crippen LogP) is 13.7. The van der Waals surface area contributed by atoms with E-state index < -0.39 is 0 Å². The Kier molecular flexibility index (Phi) is 7.07. The molecule has 1 heterocycles. The van der Waals surface area contributed by atoms with Gasteiger partial charge in [0, 0.05) is 37.1 Å². The van der Waals surface area contributed by atoms with E-state index >= 15 is 0 Å². The van der Waals surface area contributed by atoms with E-state index in [-0.39, 0.29) is 0 Å². The first kappa shape index (κ1) is 28.3. The quantitative estimate of drug-likeness (QED) is 0.177. The first-order valence-corrected chi connectivity index (χ1v) is 17.2. The summed E-state index contributed by atoms with van der Waals surface area (Å²) in [6, 6.07) is 68.2. The normalized spacial score (nSPS) is 11.3. The Hall–Kier alpha value is -5.96. The van der Waals surface area contributed by atoms with E-state index in [9.17, 15) is 0 Å². The van der Waals surface area contributed by atoms with Gasteiger partial charge in [-0.2, -0.15) is 0 Å². The second kappa shape index (κ2) is 12.0. The molecule has 0 aliphatic carbocycles. The number of rotatable bonds is 6. The lowest BCUT2D eigenvalue weighted by molar-refractivity contribution is 1.29. The van der Waals surface area contributed by atoms with Gasteiger partial charge in [0.1, 0.15) is 0 Å². The minimum Gasteiger partial charge on any atom is -0.310 e. The fraction of sp³-hybridized carbons (Fsp3) is 0. The Labute approximate surface area is 284 Å². The van der Waals surface area contributed by atoms with E-state index in [0.717, 1.165) is 17.1 Å². The number of anilines is 3. The zero-order chi connectivity index (χ0) is 31.9. The van der Waals surface area contributed by atoms with Crippen LogP contribution in [0.5, 0.6) is 0 Å². The van der Waals surface area contributed by atoms with Crippen molar-refractivity contribution in [3.05, 3.63) is 188 Å². The summed E-state index contributed by atoms with van der Waals surface area (Å²) in [5.41, 5.74) is 10.6. The lowest BCUT2D eigenvalue weighted by Gasteiger charge is -2.29. The van der Waals surface area contributed by atoms with E-state index in [1.807, 2.05) is 11.3 Å². The monoisotopic (exact) mass is 629 g/mol. The first-order valence-electron chi connectivity index (χ1n) is 16.4. The maximum absolute atomic E-state index is 2.44. The van der Waals surface area contributed by atoms with Gasteiger partial charge in [-0.15, -0.1) is 11.3 Å². The molecule has 0 aliphatic heterocycles. The number of para-hydroxylation sites is 1. The predicted molar refractivity (Wildman–Crippen MR) is 208 cm³/mol. The van der Waals surface area contributed by atoms with E-state index in [1.165, 1.54) is 64.3 Å². The number of hydrogen-bond donors (Lipinski definition) is 0. The van der Waals surface area contributed by atoms with Crippen molar-refractivity contribution in [3.8, 4) is 33.4 Å². The van der Waals surface area contributed by atoms with Crippen molar-refractivity contribution in [2.45, 2.75) is 0 Å². The molecule has 1 aromatic heterocycles. The molecule has 48 heavy (non-hydrogen) atoms. The molecular weight excluding hydrogens is 599 g/mol. The lowest BCUT2D eigenvalue weighted by Crippen LogP contribution is -2.11. The summed E-state index contributed by atoms with van der Waals surface area (Å²) in [4.78, 5) is 2.44. The highest BCUT2D eigenvalue weighted by atomic mass is 32.1. The van der Waals surface area contributed by atoms with Crippen molar-refractivity contribution >= 4 is 59.3 Å². The third-order valence-corrected chi connectivity index (χ3v) is 10.4. The molecule has 0 fully saturated rings. The van der Waals surface area contributed by atoms with Crippen LogP contribution in [-0.4, -0.2) is 0 Å². The van der Waals surface area contributed by atoms with Gasteiger partial charge in [-0.25, -0.2) is 0 Å². The standard InChI is InChI=1S/C46H31NS/c1-2-15-33(16-3-1)37-18-6-7-19-38(37)39-20-8-9-21-40(39)41-22-10-12-24-44(41)47(35-27-26-32-14-4-5-17-34(32)30-35)36-28-29-46-43(31-36)42-23-11-13-25-45(42)48-46/h1-31H. The number of thiophene rings is 1. The maximum Gasteiger partial charge on any atom is 0.0540 e. The Morgan fingerprint density at radius 2 is 0.875 bits per heavy atom. The topological polar surface area (TPSA) is 3.24 Å². The summed E-state index contributed by atoms with van der Waals surface area (Å²) in [5.74, 6) is 0. The fourth-order valence-electron chi connectivity index (χ4n) is 7.03. The van der Waals surface area contributed by atoms with Gasteiger partial charge in [-0.05, 0) is 81.1 Å². The van der Waals surface area contributed by atoms with Crippen LogP contribution < -0.4 is 4.90 Å².